The minimum absolute atomic E-state index is 0.00129. The molecule has 0 saturated carbocycles. The lowest BCUT2D eigenvalue weighted by atomic mass is 10.1. The highest BCUT2D eigenvalue weighted by atomic mass is 32.2. The SMILES string of the molecule is Cc1cc(NS(=O)(=O)c2cccc(C(=O)N3c4ccccc4CC3C)c2)no1. The number of amides is 1. The molecular weight excluding hydrogens is 378 g/mol. The molecule has 2 aromatic carbocycles. The van der Waals surface area contributed by atoms with E-state index in [1.165, 1.54) is 18.2 Å². The molecular formula is C20H19N3O4S. The van der Waals surface area contributed by atoms with E-state index in [4.69, 9.17) is 4.52 Å². The normalized spacial score (nSPS) is 16.1. The Kier molecular flexibility index (Phi) is 4.43. The summed E-state index contributed by atoms with van der Waals surface area (Å²) in [5.41, 5.74) is 2.28. The molecule has 1 aliphatic rings. The minimum Gasteiger partial charge on any atom is -0.360 e. The van der Waals surface area contributed by atoms with Crippen LogP contribution in [0.4, 0.5) is 11.5 Å². The van der Waals surface area contributed by atoms with E-state index in [0.29, 0.717) is 11.3 Å². The van der Waals surface area contributed by atoms with Crippen LogP contribution in [0.5, 0.6) is 0 Å². The third-order valence-electron chi connectivity index (χ3n) is 4.68. The van der Waals surface area contributed by atoms with Gasteiger partial charge in [-0.05, 0) is 50.1 Å². The number of hydrogen-bond donors (Lipinski definition) is 1. The van der Waals surface area contributed by atoms with Crippen molar-refractivity contribution in [2.45, 2.75) is 31.2 Å². The van der Waals surface area contributed by atoms with Crippen LogP contribution in [-0.2, 0) is 16.4 Å². The second-order valence-corrected chi connectivity index (χ2v) is 8.50. The molecule has 0 radical (unpaired) electrons. The molecule has 4 rings (SSSR count). The Morgan fingerprint density at radius 2 is 1.96 bits per heavy atom. The van der Waals surface area contributed by atoms with Crippen LogP contribution in [-0.4, -0.2) is 25.5 Å². The molecule has 1 aliphatic heterocycles. The lowest BCUT2D eigenvalue weighted by molar-refractivity contribution is 0.0981. The van der Waals surface area contributed by atoms with Crippen LogP contribution in [0.2, 0.25) is 0 Å². The van der Waals surface area contributed by atoms with Crippen molar-refractivity contribution in [2.75, 3.05) is 9.62 Å². The molecule has 3 aromatic rings. The van der Waals surface area contributed by atoms with Crippen molar-refractivity contribution in [3.8, 4) is 0 Å². The third kappa shape index (κ3) is 3.27. The van der Waals surface area contributed by atoms with E-state index in [1.807, 2.05) is 31.2 Å². The number of sulfonamides is 1. The van der Waals surface area contributed by atoms with Gasteiger partial charge in [0.1, 0.15) is 5.76 Å². The van der Waals surface area contributed by atoms with Gasteiger partial charge in [-0.2, -0.15) is 0 Å². The van der Waals surface area contributed by atoms with E-state index < -0.39 is 10.0 Å². The Balaban J connectivity index is 1.64. The number of fused-ring (bicyclic) bond motifs is 1. The second-order valence-electron chi connectivity index (χ2n) is 6.81. The van der Waals surface area contributed by atoms with Crippen molar-refractivity contribution >= 4 is 27.4 Å². The van der Waals surface area contributed by atoms with Crippen LogP contribution in [0, 0.1) is 6.92 Å². The third-order valence-corrected chi connectivity index (χ3v) is 6.04. The first-order valence-electron chi connectivity index (χ1n) is 8.83. The number of rotatable bonds is 4. The molecule has 144 valence electrons. The number of nitrogens with one attached hydrogen (secondary N) is 1. The summed E-state index contributed by atoms with van der Waals surface area (Å²) >= 11 is 0. The summed E-state index contributed by atoms with van der Waals surface area (Å²) in [4.78, 5) is 14.8. The van der Waals surface area contributed by atoms with Gasteiger partial charge < -0.3 is 9.42 Å². The van der Waals surface area contributed by atoms with E-state index in [1.54, 1.807) is 24.0 Å². The minimum atomic E-state index is -3.90. The Hall–Kier alpha value is -3.13. The van der Waals surface area contributed by atoms with Crippen LogP contribution < -0.4 is 9.62 Å². The molecule has 2 heterocycles. The predicted octanol–water partition coefficient (Wildman–Crippen LogP) is 3.38. The summed E-state index contributed by atoms with van der Waals surface area (Å²) < 4.78 is 32.5. The molecule has 1 amide bonds. The van der Waals surface area contributed by atoms with Gasteiger partial charge in [-0.1, -0.05) is 29.4 Å². The van der Waals surface area contributed by atoms with Crippen molar-refractivity contribution in [3.63, 3.8) is 0 Å². The topological polar surface area (TPSA) is 92.5 Å². The average molecular weight is 397 g/mol. The monoisotopic (exact) mass is 397 g/mol. The Bertz CT molecular complexity index is 1150. The summed E-state index contributed by atoms with van der Waals surface area (Å²) in [5, 5.41) is 3.64. The molecule has 0 aliphatic carbocycles. The first kappa shape index (κ1) is 18.2. The molecule has 0 bridgehead atoms. The van der Waals surface area contributed by atoms with Crippen LogP contribution in [0.1, 0.15) is 28.6 Å². The fourth-order valence-corrected chi connectivity index (χ4v) is 4.45. The van der Waals surface area contributed by atoms with Gasteiger partial charge in [-0.3, -0.25) is 9.52 Å². The Morgan fingerprint density at radius 1 is 1.18 bits per heavy atom. The fourth-order valence-electron chi connectivity index (χ4n) is 3.42. The second kappa shape index (κ2) is 6.79. The van der Waals surface area contributed by atoms with Crippen molar-refractivity contribution in [2.24, 2.45) is 0 Å². The standard InChI is InChI=1S/C20H19N3O4S/c1-13-10-15-6-3-4-9-18(15)23(13)20(24)16-7-5-8-17(12-16)28(25,26)22-19-11-14(2)27-21-19/h3-9,11-13H,10H2,1-2H3,(H,21,22). The Morgan fingerprint density at radius 3 is 2.71 bits per heavy atom. The number of carbonyl (C=O) groups is 1. The molecule has 0 fully saturated rings. The summed E-state index contributed by atoms with van der Waals surface area (Å²) in [6.45, 7) is 3.64. The number of para-hydroxylation sites is 1. The van der Waals surface area contributed by atoms with Gasteiger partial charge in [0.05, 0.1) is 4.90 Å². The van der Waals surface area contributed by atoms with Crippen molar-refractivity contribution in [1.82, 2.24) is 5.16 Å². The number of carbonyl (C=O) groups excluding carboxylic acids is 1. The Labute approximate surface area is 163 Å². The maximum atomic E-state index is 13.1. The summed E-state index contributed by atoms with van der Waals surface area (Å²) in [7, 11) is -3.90. The van der Waals surface area contributed by atoms with E-state index in [-0.39, 0.29) is 22.7 Å². The maximum Gasteiger partial charge on any atom is 0.263 e. The number of benzene rings is 2. The smallest absolute Gasteiger partial charge is 0.263 e. The fraction of sp³-hybridized carbons (Fsp3) is 0.200. The van der Waals surface area contributed by atoms with Crippen molar-refractivity contribution in [1.29, 1.82) is 0 Å². The molecule has 1 unspecified atom stereocenters. The van der Waals surface area contributed by atoms with E-state index >= 15 is 0 Å². The maximum absolute atomic E-state index is 13.1. The van der Waals surface area contributed by atoms with Gasteiger partial charge >= 0.3 is 0 Å². The molecule has 8 heteroatoms. The molecule has 1 N–H and O–H groups in total. The molecule has 28 heavy (non-hydrogen) atoms. The molecule has 0 spiro atoms. The lowest BCUT2D eigenvalue weighted by Crippen LogP contribution is -2.35. The number of hydrogen-bond acceptors (Lipinski definition) is 5. The predicted molar refractivity (Wildman–Crippen MR) is 105 cm³/mol. The van der Waals surface area contributed by atoms with Crippen LogP contribution in [0.3, 0.4) is 0 Å². The van der Waals surface area contributed by atoms with Crippen molar-refractivity contribution in [3.05, 3.63) is 71.5 Å². The van der Waals surface area contributed by atoms with Gasteiger partial charge in [-0.15, -0.1) is 0 Å². The highest BCUT2D eigenvalue weighted by Gasteiger charge is 2.31. The zero-order chi connectivity index (χ0) is 19.9. The lowest BCUT2D eigenvalue weighted by Gasteiger charge is -2.23. The van der Waals surface area contributed by atoms with Gasteiger partial charge in [0, 0.05) is 23.4 Å². The van der Waals surface area contributed by atoms with E-state index in [9.17, 15) is 13.2 Å². The zero-order valence-corrected chi connectivity index (χ0v) is 16.2. The summed E-state index contributed by atoms with van der Waals surface area (Å²) in [6.07, 6.45) is 0.771. The first-order chi connectivity index (χ1) is 13.3. The highest BCUT2D eigenvalue weighted by molar-refractivity contribution is 7.92. The van der Waals surface area contributed by atoms with Crippen LogP contribution in [0.25, 0.3) is 0 Å². The number of anilines is 2. The van der Waals surface area contributed by atoms with E-state index in [2.05, 4.69) is 9.88 Å². The largest absolute Gasteiger partial charge is 0.360 e. The molecule has 7 nitrogen and oxygen atoms in total. The number of aryl methyl sites for hydroxylation is 1. The molecule has 1 aromatic heterocycles. The van der Waals surface area contributed by atoms with E-state index in [0.717, 1.165) is 17.7 Å². The zero-order valence-electron chi connectivity index (χ0n) is 15.4. The van der Waals surface area contributed by atoms with Gasteiger partial charge in [0.2, 0.25) is 0 Å². The van der Waals surface area contributed by atoms with Gasteiger partial charge in [0.15, 0.2) is 5.82 Å². The van der Waals surface area contributed by atoms with Crippen molar-refractivity contribution < 1.29 is 17.7 Å². The number of aromatic nitrogens is 1. The van der Waals surface area contributed by atoms with Gasteiger partial charge in [-0.25, -0.2) is 8.42 Å². The molecule has 0 saturated heterocycles. The average Bonchev–Trinajstić information content (AvgIpc) is 3.22. The van der Waals surface area contributed by atoms with Crippen LogP contribution >= 0.6 is 0 Å². The first-order valence-corrected chi connectivity index (χ1v) is 10.3. The quantitative estimate of drug-likeness (QED) is 0.729. The highest BCUT2D eigenvalue weighted by Crippen LogP contribution is 2.33. The molecule has 1 atom stereocenters. The van der Waals surface area contributed by atoms with Crippen LogP contribution in [0.15, 0.2) is 64.0 Å². The summed E-state index contributed by atoms with van der Waals surface area (Å²) in [5.74, 6) is 0.353. The van der Waals surface area contributed by atoms with Gasteiger partial charge in [0.25, 0.3) is 15.9 Å². The number of nitrogens with zero attached hydrogens (tertiary/aromatic N) is 2. The summed E-state index contributed by atoms with van der Waals surface area (Å²) in [6, 6.07) is 15.2.